The number of fused-ring (bicyclic) bond motifs is 3. The van der Waals surface area contributed by atoms with E-state index in [0.29, 0.717) is 6.04 Å². The van der Waals surface area contributed by atoms with E-state index in [1.807, 2.05) is 11.8 Å². The Bertz CT molecular complexity index is 621. The molecule has 1 unspecified atom stereocenters. The molecule has 1 N–H and O–H groups in total. The van der Waals surface area contributed by atoms with E-state index in [1.165, 1.54) is 34.2 Å². The maximum atomic E-state index is 3.68. The molecule has 21 heavy (non-hydrogen) atoms. The summed E-state index contributed by atoms with van der Waals surface area (Å²) >= 11 is 1.91. The third kappa shape index (κ3) is 3.02. The summed E-state index contributed by atoms with van der Waals surface area (Å²) in [5, 5.41) is 3.68. The summed E-state index contributed by atoms with van der Waals surface area (Å²) in [7, 11) is 0. The van der Waals surface area contributed by atoms with E-state index < -0.39 is 0 Å². The molecule has 1 aliphatic carbocycles. The lowest BCUT2D eigenvalue weighted by Gasteiger charge is -2.19. The molecule has 0 heterocycles. The Morgan fingerprint density at radius 3 is 2.71 bits per heavy atom. The fraction of sp³-hybridized carbons (Fsp3) is 0.368. The van der Waals surface area contributed by atoms with Crippen molar-refractivity contribution in [1.29, 1.82) is 0 Å². The molecule has 1 atom stereocenters. The largest absolute Gasteiger partial charge is 0.309 e. The maximum absolute atomic E-state index is 3.68. The van der Waals surface area contributed by atoms with Gasteiger partial charge in [-0.25, -0.2) is 0 Å². The predicted molar refractivity (Wildman–Crippen MR) is 94.1 cm³/mol. The van der Waals surface area contributed by atoms with Crippen LogP contribution in [0.5, 0.6) is 0 Å². The minimum atomic E-state index is 0.467. The summed E-state index contributed by atoms with van der Waals surface area (Å²) in [5.41, 5.74) is 7.23. The Hall–Kier alpha value is -1.25. The standard InChI is InChI=1S/C19H23NS/c1-3-10-20-19(13-21-2)15-8-9-18-16(12-15)11-14-6-4-5-7-17(14)18/h4-9,12,19-20H,3,10-11,13H2,1-2H3. The first-order chi connectivity index (χ1) is 10.3. The molecule has 3 rings (SSSR count). The second-order valence-corrected chi connectivity index (χ2v) is 6.62. The fourth-order valence-electron chi connectivity index (χ4n) is 3.14. The number of nitrogens with one attached hydrogen (secondary N) is 1. The van der Waals surface area contributed by atoms with Crippen molar-refractivity contribution in [1.82, 2.24) is 5.32 Å². The molecule has 0 bridgehead atoms. The van der Waals surface area contributed by atoms with Crippen molar-refractivity contribution in [2.24, 2.45) is 0 Å². The van der Waals surface area contributed by atoms with Crippen molar-refractivity contribution < 1.29 is 0 Å². The summed E-state index contributed by atoms with van der Waals surface area (Å²) in [6.07, 6.45) is 4.45. The first kappa shape index (κ1) is 14.7. The molecule has 1 aliphatic rings. The van der Waals surface area contributed by atoms with Gasteiger partial charge >= 0.3 is 0 Å². The van der Waals surface area contributed by atoms with Crippen LogP contribution in [0.25, 0.3) is 11.1 Å². The molecule has 0 fully saturated rings. The van der Waals surface area contributed by atoms with E-state index in [9.17, 15) is 0 Å². The van der Waals surface area contributed by atoms with E-state index in [0.717, 1.165) is 18.7 Å². The monoisotopic (exact) mass is 297 g/mol. The smallest absolute Gasteiger partial charge is 0.0411 e. The van der Waals surface area contributed by atoms with Gasteiger partial charge < -0.3 is 5.32 Å². The Morgan fingerprint density at radius 2 is 1.90 bits per heavy atom. The zero-order valence-corrected chi connectivity index (χ0v) is 13.7. The highest BCUT2D eigenvalue weighted by molar-refractivity contribution is 7.98. The topological polar surface area (TPSA) is 12.0 Å². The molecule has 0 aromatic heterocycles. The van der Waals surface area contributed by atoms with Crippen LogP contribution < -0.4 is 5.32 Å². The first-order valence-corrected chi connectivity index (χ1v) is 9.16. The summed E-state index contributed by atoms with van der Waals surface area (Å²) in [5.74, 6) is 1.13. The Kier molecular flexibility index (Phi) is 4.67. The van der Waals surface area contributed by atoms with Crippen LogP contribution in [0.2, 0.25) is 0 Å². The van der Waals surface area contributed by atoms with Gasteiger partial charge in [0.05, 0.1) is 0 Å². The summed E-state index contributed by atoms with van der Waals surface area (Å²) in [6, 6.07) is 16.3. The van der Waals surface area contributed by atoms with E-state index in [1.54, 1.807) is 0 Å². The number of hydrogen-bond acceptors (Lipinski definition) is 2. The minimum absolute atomic E-state index is 0.467. The normalized spacial score (nSPS) is 13.8. The quantitative estimate of drug-likeness (QED) is 0.710. The molecule has 0 aliphatic heterocycles. The van der Waals surface area contributed by atoms with Crippen molar-refractivity contribution in [3.8, 4) is 11.1 Å². The van der Waals surface area contributed by atoms with Gasteiger partial charge in [-0.3, -0.25) is 0 Å². The number of rotatable bonds is 6. The van der Waals surface area contributed by atoms with Gasteiger partial charge in [0.1, 0.15) is 0 Å². The fourth-order valence-corrected chi connectivity index (χ4v) is 3.78. The van der Waals surface area contributed by atoms with Crippen LogP contribution >= 0.6 is 11.8 Å². The van der Waals surface area contributed by atoms with Crippen LogP contribution in [0.15, 0.2) is 42.5 Å². The molecule has 0 amide bonds. The molecular formula is C19H23NS. The van der Waals surface area contributed by atoms with Gasteiger partial charge in [-0.15, -0.1) is 0 Å². The molecule has 2 aromatic rings. The van der Waals surface area contributed by atoms with Gasteiger partial charge in [0.15, 0.2) is 0 Å². The van der Waals surface area contributed by atoms with E-state index in [4.69, 9.17) is 0 Å². The van der Waals surface area contributed by atoms with Gasteiger partial charge in [-0.2, -0.15) is 11.8 Å². The van der Waals surface area contributed by atoms with Crippen LogP contribution in [0.1, 0.15) is 36.1 Å². The second-order valence-electron chi connectivity index (χ2n) is 5.71. The average molecular weight is 297 g/mol. The molecule has 0 radical (unpaired) electrons. The van der Waals surface area contributed by atoms with Crippen molar-refractivity contribution in [2.45, 2.75) is 25.8 Å². The Labute approximate surface area is 132 Å². The van der Waals surface area contributed by atoms with Crippen molar-refractivity contribution >= 4 is 11.8 Å². The van der Waals surface area contributed by atoms with E-state index >= 15 is 0 Å². The van der Waals surface area contributed by atoms with Crippen LogP contribution in [-0.2, 0) is 6.42 Å². The predicted octanol–water partition coefficient (Wildman–Crippen LogP) is 4.66. The highest BCUT2D eigenvalue weighted by Crippen LogP contribution is 2.37. The highest BCUT2D eigenvalue weighted by Gasteiger charge is 2.19. The number of thioether (sulfide) groups is 1. The molecule has 1 nitrogen and oxygen atoms in total. The van der Waals surface area contributed by atoms with E-state index in [-0.39, 0.29) is 0 Å². The zero-order chi connectivity index (χ0) is 14.7. The average Bonchev–Trinajstić information content (AvgIpc) is 2.89. The van der Waals surface area contributed by atoms with Crippen LogP contribution in [-0.4, -0.2) is 18.6 Å². The Balaban J connectivity index is 1.88. The van der Waals surface area contributed by atoms with Crippen molar-refractivity contribution in [2.75, 3.05) is 18.6 Å². The lowest BCUT2D eigenvalue weighted by Crippen LogP contribution is -2.24. The third-order valence-corrected chi connectivity index (χ3v) is 4.86. The molecule has 2 aromatic carbocycles. The van der Waals surface area contributed by atoms with Crippen molar-refractivity contribution in [3.05, 3.63) is 59.2 Å². The molecule has 0 spiro atoms. The summed E-state index contributed by atoms with van der Waals surface area (Å²) in [6.45, 7) is 3.31. The molecular weight excluding hydrogens is 274 g/mol. The molecule has 0 saturated heterocycles. The maximum Gasteiger partial charge on any atom is 0.0411 e. The first-order valence-electron chi connectivity index (χ1n) is 7.77. The van der Waals surface area contributed by atoms with Crippen LogP contribution in [0.3, 0.4) is 0 Å². The SMILES string of the molecule is CCCNC(CSC)c1ccc2c(c1)Cc1ccccc1-2. The Morgan fingerprint density at radius 1 is 1.10 bits per heavy atom. The van der Waals surface area contributed by atoms with Gasteiger partial charge in [-0.05, 0) is 53.5 Å². The van der Waals surface area contributed by atoms with E-state index in [2.05, 4.69) is 61.0 Å². The lowest BCUT2D eigenvalue weighted by molar-refractivity contribution is 0.577. The van der Waals surface area contributed by atoms with Crippen LogP contribution in [0.4, 0.5) is 0 Å². The van der Waals surface area contributed by atoms with Crippen LogP contribution in [0, 0.1) is 0 Å². The number of benzene rings is 2. The molecule has 0 saturated carbocycles. The third-order valence-electron chi connectivity index (χ3n) is 4.19. The zero-order valence-electron chi connectivity index (χ0n) is 12.9. The van der Waals surface area contributed by atoms with Gasteiger partial charge in [0.25, 0.3) is 0 Å². The summed E-state index contributed by atoms with van der Waals surface area (Å²) in [4.78, 5) is 0. The lowest BCUT2D eigenvalue weighted by atomic mass is 10.00. The van der Waals surface area contributed by atoms with Gasteiger partial charge in [-0.1, -0.05) is 49.4 Å². The van der Waals surface area contributed by atoms with Gasteiger partial charge in [0, 0.05) is 11.8 Å². The number of hydrogen-bond donors (Lipinski definition) is 1. The molecule has 110 valence electrons. The van der Waals surface area contributed by atoms with Crippen molar-refractivity contribution in [3.63, 3.8) is 0 Å². The molecule has 2 heteroatoms. The summed E-state index contributed by atoms with van der Waals surface area (Å²) < 4.78 is 0. The second kappa shape index (κ2) is 6.67. The van der Waals surface area contributed by atoms with Gasteiger partial charge in [0.2, 0.25) is 0 Å². The minimum Gasteiger partial charge on any atom is -0.309 e. The highest BCUT2D eigenvalue weighted by atomic mass is 32.2.